The number of hydrogen-bond acceptors (Lipinski definition) is 1. The maximum Gasteiger partial charge on any atom is 0.285 e. The van der Waals surface area contributed by atoms with Crippen molar-refractivity contribution < 1.29 is 22.9 Å². The first-order chi connectivity index (χ1) is 12.0. The highest BCUT2D eigenvalue weighted by atomic mass is 35.5. The Morgan fingerprint density at radius 1 is 1.12 bits per heavy atom. The number of nitrogens with one attached hydrogen (secondary N) is 1. The van der Waals surface area contributed by atoms with Crippen LogP contribution in [0.3, 0.4) is 0 Å². The van der Waals surface area contributed by atoms with Gasteiger partial charge in [0.15, 0.2) is 6.04 Å². The summed E-state index contributed by atoms with van der Waals surface area (Å²) in [4.78, 5) is 18.1. The third-order valence-electron chi connectivity index (χ3n) is 4.82. The summed E-state index contributed by atoms with van der Waals surface area (Å²) < 4.78 is 0. The Morgan fingerprint density at radius 3 is 2.54 bits per heavy atom. The molecule has 1 aromatic heterocycles. The average Bonchev–Trinajstić information content (AvgIpc) is 2.98. The third kappa shape index (κ3) is 3.42. The number of carbonyl (C=O) groups is 1. The molecule has 0 saturated carbocycles. The van der Waals surface area contributed by atoms with E-state index in [-0.39, 0.29) is 18.3 Å². The molecule has 0 fully saturated rings. The molecular weight excluding hydrogens is 393 g/mol. The minimum absolute atomic E-state index is 0. The van der Waals surface area contributed by atoms with Crippen molar-refractivity contribution in [2.75, 3.05) is 6.54 Å². The smallest absolute Gasteiger partial charge is 0.285 e. The van der Waals surface area contributed by atoms with Gasteiger partial charge >= 0.3 is 0 Å². The maximum atomic E-state index is 12.9. The Morgan fingerprint density at radius 2 is 1.81 bits per heavy atom. The van der Waals surface area contributed by atoms with Crippen LogP contribution in [0.5, 0.6) is 0 Å². The Kier molecular flexibility index (Phi) is 5.49. The van der Waals surface area contributed by atoms with Crippen LogP contribution in [0.15, 0.2) is 42.5 Å². The highest BCUT2D eigenvalue weighted by molar-refractivity contribution is 6.31. The monoisotopic (exact) mass is 409 g/mol. The Balaban J connectivity index is 0.00000196. The molecule has 136 valence electrons. The molecule has 2 aromatic carbocycles. The fraction of sp³-hybridized carbons (Fsp3) is 0.211. The van der Waals surface area contributed by atoms with Crippen LogP contribution < -0.4 is 18.1 Å². The van der Waals surface area contributed by atoms with E-state index in [0.29, 0.717) is 18.1 Å². The number of fused-ring (bicyclic) bond motifs is 3. The molecule has 0 bridgehead atoms. The first-order valence-corrected chi connectivity index (χ1v) is 8.95. The summed E-state index contributed by atoms with van der Waals surface area (Å²) in [5, 5.41) is 2.54. The summed E-state index contributed by atoms with van der Waals surface area (Å²) in [5.74, 6) is 0.0321. The van der Waals surface area contributed by atoms with Crippen molar-refractivity contribution in [2.24, 2.45) is 0 Å². The number of amides is 1. The SMILES string of the molecule is [Cl-].[NH3+][C@H](C(=O)N1CCc2c([nH]c3ccc(Cl)cc23)C1)c1ccc(Cl)cc1. The van der Waals surface area contributed by atoms with E-state index >= 15 is 0 Å². The van der Waals surface area contributed by atoms with Gasteiger partial charge in [-0.2, -0.15) is 0 Å². The molecule has 1 aliphatic heterocycles. The van der Waals surface area contributed by atoms with E-state index < -0.39 is 6.04 Å². The first-order valence-electron chi connectivity index (χ1n) is 8.19. The highest BCUT2D eigenvalue weighted by Gasteiger charge is 2.30. The Labute approximate surface area is 167 Å². The van der Waals surface area contributed by atoms with Crippen molar-refractivity contribution in [3.05, 3.63) is 69.3 Å². The molecule has 4 N–H and O–H groups in total. The second kappa shape index (κ2) is 7.49. The van der Waals surface area contributed by atoms with Crippen LogP contribution >= 0.6 is 23.2 Å². The van der Waals surface area contributed by atoms with Gasteiger partial charge in [-0.1, -0.05) is 35.3 Å². The quantitative estimate of drug-likeness (QED) is 0.629. The van der Waals surface area contributed by atoms with E-state index in [1.807, 2.05) is 35.2 Å². The molecule has 0 saturated heterocycles. The van der Waals surface area contributed by atoms with E-state index in [1.165, 1.54) is 5.56 Å². The number of hydrogen-bond donors (Lipinski definition) is 2. The van der Waals surface area contributed by atoms with E-state index in [2.05, 4.69) is 10.7 Å². The van der Waals surface area contributed by atoms with Crippen LogP contribution in [-0.4, -0.2) is 22.3 Å². The molecular formula is C19H18Cl3N3O. The Bertz CT molecular complexity index is 953. The van der Waals surface area contributed by atoms with Gasteiger partial charge in [-0.05, 0) is 42.3 Å². The number of rotatable bonds is 2. The predicted molar refractivity (Wildman–Crippen MR) is 99.5 cm³/mol. The first kappa shape index (κ1) is 19.1. The molecule has 7 heteroatoms. The second-order valence-corrected chi connectivity index (χ2v) is 7.26. The van der Waals surface area contributed by atoms with Gasteiger partial charge in [-0.25, -0.2) is 0 Å². The zero-order chi connectivity index (χ0) is 17.6. The number of carbonyl (C=O) groups excluding carboxylic acids is 1. The number of halogens is 3. The molecule has 2 heterocycles. The van der Waals surface area contributed by atoms with Gasteiger partial charge in [-0.15, -0.1) is 0 Å². The van der Waals surface area contributed by atoms with Crippen molar-refractivity contribution in [2.45, 2.75) is 19.0 Å². The normalized spacial score (nSPS) is 14.7. The molecule has 4 rings (SSSR count). The van der Waals surface area contributed by atoms with Crippen LogP contribution in [-0.2, 0) is 17.8 Å². The van der Waals surface area contributed by atoms with Gasteiger partial charge in [0.25, 0.3) is 5.91 Å². The number of aromatic amines is 1. The topological polar surface area (TPSA) is 63.7 Å². The number of quaternary nitrogens is 1. The molecule has 1 aliphatic rings. The molecule has 3 aromatic rings. The van der Waals surface area contributed by atoms with E-state index in [1.54, 1.807) is 12.1 Å². The molecule has 0 aliphatic carbocycles. The summed E-state index contributed by atoms with van der Waals surface area (Å²) >= 11 is 12.0. The molecule has 26 heavy (non-hydrogen) atoms. The fourth-order valence-corrected chi connectivity index (χ4v) is 3.76. The largest absolute Gasteiger partial charge is 1.00 e. The van der Waals surface area contributed by atoms with E-state index in [9.17, 15) is 4.79 Å². The number of nitrogens with zero attached hydrogens (tertiary/aromatic N) is 1. The number of H-pyrrole nitrogens is 1. The summed E-state index contributed by atoms with van der Waals surface area (Å²) in [6, 6.07) is 12.7. The van der Waals surface area contributed by atoms with Gasteiger partial charge in [0.05, 0.1) is 6.54 Å². The molecule has 0 radical (unpaired) electrons. The van der Waals surface area contributed by atoms with Crippen molar-refractivity contribution >= 4 is 40.0 Å². The predicted octanol–water partition coefficient (Wildman–Crippen LogP) is 0.347. The lowest BCUT2D eigenvalue weighted by atomic mass is 10.0. The van der Waals surface area contributed by atoms with E-state index in [0.717, 1.165) is 33.6 Å². The lowest BCUT2D eigenvalue weighted by Crippen LogP contribution is -3.00. The van der Waals surface area contributed by atoms with Gasteiger partial charge < -0.3 is 28.0 Å². The number of benzene rings is 2. The lowest BCUT2D eigenvalue weighted by molar-refractivity contribution is -0.412. The molecule has 0 unspecified atom stereocenters. The minimum Gasteiger partial charge on any atom is -1.00 e. The minimum atomic E-state index is -0.433. The second-order valence-electron chi connectivity index (χ2n) is 6.39. The van der Waals surface area contributed by atoms with Crippen LogP contribution in [0.25, 0.3) is 10.9 Å². The lowest BCUT2D eigenvalue weighted by Gasteiger charge is -2.28. The maximum absolute atomic E-state index is 12.9. The third-order valence-corrected chi connectivity index (χ3v) is 5.31. The van der Waals surface area contributed by atoms with Crippen molar-refractivity contribution in [3.8, 4) is 0 Å². The standard InChI is InChI=1S/C19H17Cl2N3O.ClH/c20-12-3-1-11(2-4-12)18(22)19(25)24-8-7-14-15-9-13(21)5-6-16(15)23-17(14)10-24;/h1-6,9,18,23H,7-8,10,22H2;1H/t18-;/m0./s1. The van der Waals surface area contributed by atoms with Crippen LogP contribution in [0.2, 0.25) is 10.0 Å². The van der Waals surface area contributed by atoms with E-state index in [4.69, 9.17) is 23.2 Å². The average molecular weight is 411 g/mol. The van der Waals surface area contributed by atoms with Crippen LogP contribution in [0.4, 0.5) is 0 Å². The van der Waals surface area contributed by atoms with Gasteiger partial charge in [0.1, 0.15) is 0 Å². The molecule has 1 amide bonds. The summed E-state index contributed by atoms with van der Waals surface area (Å²) in [7, 11) is 0. The van der Waals surface area contributed by atoms with Crippen LogP contribution in [0.1, 0.15) is 22.9 Å². The van der Waals surface area contributed by atoms with Crippen molar-refractivity contribution in [1.29, 1.82) is 0 Å². The van der Waals surface area contributed by atoms with Gasteiger partial charge in [0.2, 0.25) is 0 Å². The van der Waals surface area contributed by atoms with Gasteiger partial charge in [0, 0.05) is 38.8 Å². The molecule has 4 nitrogen and oxygen atoms in total. The fourth-order valence-electron chi connectivity index (χ4n) is 3.46. The summed E-state index contributed by atoms with van der Waals surface area (Å²) in [6.07, 6.45) is 0.814. The van der Waals surface area contributed by atoms with Crippen molar-refractivity contribution in [3.63, 3.8) is 0 Å². The zero-order valence-electron chi connectivity index (χ0n) is 13.9. The highest BCUT2D eigenvalue weighted by Crippen LogP contribution is 2.30. The molecule has 1 atom stereocenters. The summed E-state index contributed by atoms with van der Waals surface area (Å²) in [6.45, 7) is 1.25. The number of aromatic nitrogens is 1. The molecule has 0 spiro atoms. The summed E-state index contributed by atoms with van der Waals surface area (Å²) in [5.41, 5.74) is 8.34. The van der Waals surface area contributed by atoms with Gasteiger partial charge in [-0.3, -0.25) is 4.79 Å². The zero-order valence-corrected chi connectivity index (χ0v) is 16.2. The Hall–Kier alpha value is -1.72. The van der Waals surface area contributed by atoms with Crippen molar-refractivity contribution in [1.82, 2.24) is 9.88 Å². The van der Waals surface area contributed by atoms with Crippen LogP contribution in [0, 0.1) is 0 Å².